The van der Waals surface area contributed by atoms with Gasteiger partial charge in [-0.2, -0.15) is 0 Å². The number of ether oxygens (including phenoxy) is 10. The lowest BCUT2D eigenvalue weighted by Crippen LogP contribution is -2.58. The molecular weight excluding hydrogens is 839 g/mol. The van der Waals surface area contributed by atoms with E-state index in [1.165, 1.54) is 6.92 Å². The van der Waals surface area contributed by atoms with Crippen molar-refractivity contribution in [1.82, 2.24) is 5.32 Å². The highest BCUT2D eigenvalue weighted by Gasteiger charge is 2.60. The van der Waals surface area contributed by atoms with Gasteiger partial charge in [-0.05, 0) is 62.8 Å². The number of nitrogens with one attached hydrogen (secondary N) is 1. The van der Waals surface area contributed by atoms with E-state index in [0.29, 0.717) is 36.8 Å². The first kappa shape index (κ1) is 50.1. The maximum absolute atomic E-state index is 14.4. The molecule has 2 bridgehead atoms. The van der Waals surface area contributed by atoms with Crippen molar-refractivity contribution in [3.05, 3.63) is 59.3 Å². The molecule has 15 heteroatoms. The van der Waals surface area contributed by atoms with Crippen molar-refractivity contribution in [2.24, 2.45) is 23.7 Å². The topological polar surface area (TPSA) is 179 Å². The lowest BCUT2D eigenvalue weighted by Gasteiger charge is -2.48. The number of hydrogen-bond donors (Lipinski definition) is 3. The molecule has 6 aliphatic heterocycles. The smallest absolute Gasteiger partial charge is 0.316 e. The molecule has 4 fully saturated rings. The van der Waals surface area contributed by atoms with E-state index < -0.39 is 84.7 Å². The molecule has 7 aliphatic rings. The number of carbonyl (C=O) groups is 2. The van der Waals surface area contributed by atoms with Gasteiger partial charge in [0.1, 0.15) is 35.9 Å². The van der Waals surface area contributed by atoms with Gasteiger partial charge < -0.3 is 62.9 Å². The fourth-order valence-corrected chi connectivity index (χ4v) is 11.0. The number of rotatable bonds is 9. The Morgan fingerprint density at radius 3 is 2.35 bits per heavy atom. The van der Waals surface area contributed by atoms with E-state index in [2.05, 4.69) is 45.2 Å². The Bertz CT molecular complexity index is 1850. The predicted octanol–water partition coefficient (Wildman–Crippen LogP) is 5.52. The van der Waals surface area contributed by atoms with Gasteiger partial charge in [-0.25, -0.2) is 0 Å². The summed E-state index contributed by atoms with van der Waals surface area (Å²) in [5.41, 5.74) is 0.116. The Balaban J connectivity index is 1.16. The van der Waals surface area contributed by atoms with Crippen LogP contribution in [0.1, 0.15) is 101 Å². The summed E-state index contributed by atoms with van der Waals surface area (Å²) in [4.78, 5) is 26.3. The molecule has 0 aromatic rings. The van der Waals surface area contributed by atoms with Crippen molar-refractivity contribution in [1.29, 1.82) is 0 Å². The van der Waals surface area contributed by atoms with E-state index in [4.69, 9.17) is 47.4 Å². The Kier molecular flexibility index (Phi) is 16.0. The fourth-order valence-electron chi connectivity index (χ4n) is 11.0. The van der Waals surface area contributed by atoms with Gasteiger partial charge in [0, 0.05) is 58.7 Å². The number of carbonyl (C=O) groups excluding carboxylic acids is 2. The Labute approximate surface area is 385 Å². The second-order valence-corrected chi connectivity index (χ2v) is 19.7. The number of fused-ring (bicyclic) bond motifs is 2. The first-order valence-electron chi connectivity index (χ1n) is 23.8. The van der Waals surface area contributed by atoms with Gasteiger partial charge in [-0.1, -0.05) is 70.6 Å². The molecule has 7 rings (SSSR count). The van der Waals surface area contributed by atoms with E-state index in [1.54, 1.807) is 33.3 Å². The van der Waals surface area contributed by atoms with Crippen molar-refractivity contribution in [3.63, 3.8) is 0 Å². The minimum Gasteiger partial charge on any atom is -0.462 e. The normalized spacial score (nSPS) is 47.3. The van der Waals surface area contributed by atoms with Crippen molar-refractivity contribution in [3.8, 4) is 0 Å². The molecule has 0 saturated carbocycles. The number of allylic oxidation sites excluding steroid dienone is 2. The summed E-state index contributed by atoms with van der Waals surface area (Å²) in [6, 6.07) is -0.315. The number of hydrogen-bond acceptors (Lipinski definition) is 14. The van der Waals surface area contributed by atoms with Crippen molar-refractivity contribution >= 4 is 11.9 Å². The molecule has 364 valence electrons. The first-order chi connectivity index (χ1) is 30.9. The number of amides is 1. The van der Waals surface area contributed by atoms with Crippen LogP contribution in [0.25, 0.3) is 0 Å². The molecule has 65 heavy (non-hydrogen) atoms. The number of aliphatic hydroxyl groups excluding tert-OH is 1. The van der Waals surface area contributed by atoms with Crippen LogP contribution in [-0.2, 0) is 57.0 Å². The van der Waals surface area contributed by atoms with Crippen LogP contribution in [0.3, 0.4) is 0 Å². The van der Waals surface area contributed by atoms with Gasteiger partial charge in [0.2, 0.25) is 5.91 Å². The average Bonchev–Trinajstić information content (AvgIpc) is 3.61. The fraction of sp³-hybridized carbons (Fsp3) is 0.760. The highest BCUT2D eigenvalue weighted by atomic mass is 16.7. The van der Waals surface area contributed by atoms with Crippen molar-refractivity contribution < 1.29 is 67.2 Å². The highest BCUT2D eigenvalue weighted by Crippen LogP contribution is 2.47. The van der Waals surface area contributed by atoms with Crippen LogP contribution in [0.15, 0.2) is 59.3 Å². The van der Waals surface area contributed by atoms with Gasteiger partial charge in [-0.15, -0.1) is 0 Å². The maximum atomic E-state index is 14.4. The summed E-state index contributed by atoms with van der Waals surface area (Å²) in [6.07, 6.45) is 9.46. The zero-order valence-electron chi connectivity index (χ0n) is 40.2. The van der Waals surface area contributed by atoms with E-state index in [1.807, 2.05) is 39.0 Å². The molecule has 1 spiro atoms. The quantitative estimate of drug-likeness (QED) is 0.195. The van der Waals surface area contributed by atoms with Crippen molar-refractivity contribution in [2.75, 3.05) is 20.8 Å². The maximum Gasteiger partial charge on any atom is 0.316 e. The Hall–Kier alpha value is -2.80. The molecule has 1 aliphatic carbocycles. The zero-order chi connectivity index (χ0) is 47.0. The van der Waals surface area contributed by atoms with Crippen LogP contribution < -0.4 is 5.32 Å². The standard InChI is InChI=1S/C50H75NO14/c1-12-26(2)45-29(5)18-19-49(65-45)24-36-21-35(64-49)17-16-28(4)44(27(3)14-13-15-34-25-58-47-43(53)30(6)20-37(48(54)61-36)50(34,47)55)62-41-23-39(57-11)46(32(8)60-41)63-40-22-38(56-10)42(31(7)59-40)51-33(9)52/h13-16,18-20,26-27,29,31-32,35-47,53,55H,12,17,21-25H2,1-11H3,(H,51,52)/b14-13+,28-16+,34-15+/t26?,27-,29-,31-,32-,35+,36-,37-,38-,39-,40-,41-,42+,43+,44-,45+,46-,47+,49+,50+/m0/s1. The molecule has 4 saturated heterocycles. The van der Waals surface area contributed by atoms with Gasteiger partial charge in [0.05, 0.1) is 55.4 Å². The summed E-state index contributed by atoms with van der Waals surface area (Å²) in [5.74, 6) is -2.75. The van der Waals surface area contributed by atoms with Crippen LogP contribution in [0.2, 0.25) is 0 Å². The van der Waals surface area contributed by atoms with Crippen molar-refractivity contribution in [2.45, 2.75) is 198 Å². The van der Waals surface area contributed by atoms with Gasteiger partial charge >= 0.3 is 5.97 Å². The summed E-state index contributed by atoms with van der Waals surface area (Å²) >= 11 is 0. The SMILES string of the molecule is CCC(C)[C@H]1O[C@]2(C=C[C@@H]1C)C[C@@H]1C[C@@H](C/C=C(\C)[C@@H](O[C@H]3C[C@H](OC)[C@@H](O[C@H]4C[C@H](OC)[C@H](NC(C)=O)[C@H](C)O4)[C@H](C)O3)[C@@H](C)/C=C/C=C3\CO[C@@H]4[C@H](O)C(C)=C[C@@H](C(=O)O1)[C@]34O)O2. The summed E-state index contributed by atoms with van der Waals surface area (Å²) in [5, 5.41) is 26.7. The molecule has 0 radical (unpaired) electrons. The number of esters is 1. The molecule has 3 N–H and O–H groups in total. The van der Waals surface area contributed by atoms with E-state index >= 15 is 0 Å². The van der Waals surface area contributed by atoms with Gasteiger partial charge in [0.15, 0.2) is 18.4 Å². The molecular formula is C50H75NO14. The number of aliphatic hydroxyl groups is 2. The molecule has 0 aromatic carbocycles. The second kappa shape index (κ2) is 20.8. The van der Waals surface area contributed by atoms with Gasteiger partial charge in [-0.3, -0.25) is 9.59 Å². The lowest BCUT2D eigenvalue weighted by molar-refractivity contribution is -0.311. The Morgan fingerprint density at radius 2 is 1.65 bits per heavy atom. The van der Waals surface area contributed by atoms with Crippen LogP contribution in [0.5, 0.6) is 0 Å². The van der Waals surface area contributed by atoms with Crippen LogP contribution in [0, 0.1) is 23.7 Å². The zero-order valence-corrected chi connectivity index (χ0v) is 40.2. The van der Waals surface area contributed by atoms with E-state index in [9.17, 15) is 19.8 Å². The Morgan fingerprint density at radius 1 is 0.938 bits per heavy atom. The second-order valence-electron chi connectivity index (χ2n) is 19.7. The highest BCUT2D eigenvalue weighted by molar-refractivity contribution is 5.78. The monoisotopic (exact) mass is 914 g/mol. The molecule has 1 unspecified atom stereocenters. The number of methoxy groups -OCH3 is 2. The minimum absolute atomic E-state index is 0.0270. The minimum atomic E-state index is -1.84. The molecule has 15 nitrogen and oxygen atoms in total. The summed E-state index contributed by atoms with van der Waals surface area (Å²) in [7, 11) is 3.27. The molecule has 0 aromatic heterocycles. The largest absolute Gasteiger partial charge is 0.462 e. The summed E-state index contributed by atoms with van der Waals surface area (Å²) < 4.78 is 64.4. The van der Waals surface area contributed by atoms with Crippen LogP contribution in [-0.4, -0.2) is 140 Å². The van der Waals surface area contributed by atoms with Crippen LogP contribution in [0.4, 0.5) is 0 Å². The molecule has 1 amide bonds. The average molecular weight is 914 g/mol. The first-order valence-corrected chi connectivity index (χ1v) is 23.8. The van der Waals surface area contributed by atoms with Gasteiger partial charge in [0.25, 0.3) is 0 Å². The van der Waals surface area contributed by atoms with E-state index in [0.717, 1.165) is 12.0 Å². The predicted molar refractivity (Wildman–Crippen MR) is 239 cm³/mol. The van der Waals surface area contributed by atoms with Crippen LogP contribution >= 0.6 is 0 Å². The third-order valence-electron chi connectivity index (χ3n) is 14.9. The lowest BCUT2D eigenvalue weighted by atomic mass is 9.71. The molecule has 6 heterocycles. The van der Waals surface area contributed by atoms with E-state index in [-0.39, 0.29) is 61.0 Å². The summed E-state index contributed by atoms with van der Waals surface area (Å²) in [6.45, 7) is 17.7. The molecule has 20 atom stereocenters. The third-order valence-corrected chi connectivity index (χ3v) is 14.9. The third kappa shape index (κ3) is 10.6.